The summed E-state index contributed by atoms with van der Waals surface area (Å²) >= 11 is 0. The first kappa shape index (κ1) is 15.1. The molecule has 1 fully saturated rings. The van der Waals surface area contributed by atoms with Crippen molar-refractivity contribution in [3.8, 4) is 0 Å². The number of aromatic nitrogens is 6. The van der Waals surface area contributed by atoms with E-state index >= 15 is 0 Å². The van der Waals surface area contributed by atoms with E-state index in [1.54, 1.807) is 11.0 Å². The number of imidazole rings is 1. The molecule has 0 atom stereocenters. The molecular formula is C18H19N7O. The molecule has 4 aromatic rings. The van der Waals surface area contributed by atoms with Crippen molar-refractivity contribution in [2.45, 2.75) is 18.9 Å². The number of nitrogens with one attached hydrogen (secondary N) is 1. The van der Waals surface area contributed by atoms with Gasteiger partial charge in [0.25, 0.3) is 0 Å². The van der Waals surface area contributed by atoms with Gasteiger partial charge in [-0.2, -0.15) is 5.10 Å². The Morgan fingerprint density at radius 1 is 1.15 bits per heavy atom. The number of hydrogen-bond acceptors (Lipinski definition) is 5. The lowest BCUT2D eigenvalue weighted by Gasteiger charge is -2.33. The highest BCUT2D eigenvalue weighted by Gasteiger charge is 2.25. The van der Waals surface area contributed by atoms with E-state index in [4.69, 9.17) is 0 Å². The lowest BCUT2D eigenvalue weighted by atomic mass is 10.0. The number of hydrogen-bond donors (Lipinski definition) is 1. The number of rotatable bonds is 2. The van der Waals surface area contributed by atoms with Gasteiger partial charge in [-0.1, -0.05) is 12.1 Å². The van der Waals surface area contributed by atoms with Crippen LogP contribution in [0.25, 0.3) is 22.1 Å². The van der Waals surface area contributed by atoms with Crippen molar-refractivity contribution in [2.24, 2.45) is 7.05 Å². The first-order chi connectivity index (χ1) is 12.7. The van der Waals surface area contributed by atoms with Crippen LogP contribution in [0.5, 0.6) is 0 Å². The molecule has 0 spiro atoms. The number of para-hydroxylation sites is 2. The maximum absolute atomic E-state index is 12.4. The van der Waals surface area contributed by atoms with Crippen molar-refractivity contribution < 1.29 is 0 Å². The average molecular weight is 349 g/mol. The molecule has 26 heavy (non-hydrogen) atoms. The number of nitrogens with zero attached hydrogens (tertiary/aromatic N) is 6. The van der Waals surface area contributed by atoms with Crippen molar-refractivity contribution in [3.05, 3.63) is 47.3 Å². The van der Waals surface area contributed by atoms with Crippen LogP contribution < -0.4 is 10.6 Å². The van der Waals surface area contributed by atoms with E-state index in [0.717, 1.165) is 53.8 Å². The molecule has 4 heterocycles. The average Bonchev–Trinajstić information content (AvgIpc) is 3.21. The highest BCUT2D eigenvalue weighted by Crippen LogP contribution is 2.29. The maximum Gasteiger partial charge on any atom is 0.326 e. The number of fused-ring (bicyclic) bond motifs is 2. The third kappa shape index (κ3) is 2.22. The third-order valence-corrected chi connectivity index (χ3v) is 5.26. The molecule has 1 aromatic carbocycles. The summed E-state index contributed by atoms with van der Waals surface area (Å²) in [4.78, 5) is 26.4. The summed E-state index contributed by atoms with van der Waals surface area (Å²) in [5.74, 6) is 0.924. The van der Waals surface area contributed by atoms with Gasteiger partial charge in [-0.05, 0) is 25.0 Å². The first-order valence-corrected chi connectivity index (χ1v) is 8.79. The van der Waals surface area contributed by atoms with E-state index in [0.29, 0.717) is 0 Å². The van der Waals surface area contributed by atoms with Crippen LogP contribution in [0.3, 0.4) is 0 Å². The molecule has 0 aliphatic carbocycles. The smallest absolute Gasteiger partial charge is 0.326 e. The molecule has 1 N–H and O–H groups in total. The van der Waals surface area contributed by atoms with Gasteiger partial charge in [-0.3, -0.25) is 9.25 Å². The summed E-state index contributed by atoms with van der Waals surface area (Å²) in [6, 6.07) is 8.06. The Balaban J connectivity index is 1.44. The van der Waals surface area contributed by atoms with Gasteiger partial charge >= 0.3 is 5.69 Å². The summed E-state index contributed by atoms with van der Waals surface area (Å²) in [5, 5.41) is 5.26. The van der Waals surface area contributed by atoms with E-state index in [2.05, 4.69) is 25.0 Å². The van der Waals surface area contributed by atoms with Gasteiger partial charge < -0.3 is 9.88 Å². The zero-order chi connectivity index (χ0) is 17.7. The van der Waals surface area contributed by atoms with Gasteiger partial charge in [0, 0.05) is 26.2 Å². The Morgan fingerprint density at radius 2 is 1.96 bits per heavy atom. The maximum atomic E-state index is 12.4. The minimum Gasteiger partial charge on any atom is -0.356 e. The summed E-state index contributed by atoms with van der Waals surface area (Å²) in [7, 11) is 1.88. The molecule has 132 valence electrons. The third-order valence-electron chi connectivity index (χ3n) is 5.26. The monoisotopic (exact) mass is 349 g/mol. The fourth-order valence-corrected chi connectivity index (χ4v) is 3.97. The molecule has 1 aliphatic rings. The van der Waals surface area contributed by atoms with Gasteiger partial charge in [0.1, 0.15) is 12.1 Å². The fourth-order valence-electron chi connectivity index (χ4n) is 3.97. The molecule has 0 amide bonds. The number of aryl methyl sites for hydroxylation is 1. The summed E-state index contributed by atoms with van der Waals surface area (Å²) in [5.41, 5.74) is 2.69. The van der Waals surface area contributed by atoms with Crippen LogP contribution >= 0.6 is 0 Å². The predicted molar refractivity (Wildman–Crippen MR) is 99.3 cm³/mol. The molecule has 1 saturated heterocycles. The van der Waals surface area contributed by atoms with Crippen LogP contribution in [-0.4, -0.2) is 42.4 Å². The van der Waals surface area contributed by atoms with Crippen LogP contribution in [0.15, 0.2) is 41.6 Å². The minimum absolute atomic E-state index is 0.0265. The summed E-state index contributed by atoms with van der Waals surface area (Å²) in [6.07, 6.45) is 5.21. The standard InChI is InChI=1S/C18H19N7O/c1-23-16-13(10-21-23)17(20-11-19-16)24-8-6-12(7-9-24)25-15-5-3-2-4-14(15)22-18(25)26/h2-5,10-12H,6-9H2,1H3,(H,22,26). The van der Waals surface area contributed by atoms with Gasteiger partial charge in [0.2, 0.25) is 0 Å². The van der Waals surface area contributed by atoms with Crippen molar-refractivity contribution in [1.82, 2.24) is 29.3 Å². The molecule has 0 bridgehead atoms. The van der Waals surface area contributed by atoms with Crippen molar-refractivity contribution in [1.29, 1.82) is 0 Å². The zero-order valence-corrected chi connectivity index (χ0v) is 14.5. The van der Waals surface area contributed by atoms with Crippen LogP contribution in [-0.2, 0) is 7.05 Å². The van der Waals surface area contributed by atoms with Crippen molar-refractivity contribution in [2.75, 3.05) is 18.0 Å². The SMILES string of the molecule is Cn1ncc2c(N3CCC(n4c(=O)[nH]c5ccccc54)CC3)ncnc21. The summed E-state index contributed by atoms with van der Waals surface area (Å²) < 4.78 is 3.67. The number of piperidine rings is 1. The molecule has 8 nitrogen and oxygen atoms in total. The molecule has 1 aliphatic heterocycles. The van der Waals surface area contributed by atoms with Crippen LogP contribution in [0.2, 0.25) is 0 Å². The lowest BCUT2D eigenvalue weighted by Crippen LogP contribution is -2.37. The summed E-state index contributed by atoms with van der Waals surface area (Å²) in [6.45, 7) is 1.69. The molecule has 8 heteroatoms. The van der Waals surface area contributed by atoms with E-state index < -0.39 is 0 Å². The Labute approximate surface area is 149 Å². The second-order valence-corrected chi connectivity index (χ2v) is 6.74. The number of H-pyrrole nitrogens is 1. The molecule has 0 saturated carbocycles. The number of anilines is 1. The highest BCUT2D eigenvalue weighted by molar-refractivity contribution is 5.86. The Kier molecular flexibility index (Phi) is 3.31. The largest absolute Gasteiger partial charge is 0.356 e. The van der Waals surface area contributed by atoms with E-state index in [9.17, 15) is 4.79 Å². The normalized spacial score (nSPS) is 16.0. The second-order valence-electron chi connectivity index (χ2n) is 6.74. The van der Waals surface area contributed by atoms with Crippen molar-refractivity contribution >= 4 is 27.9 Å². The van der Waals surface area contributed by atoms with E-state index in [1.807, 2.05) is 42.1 Å². The molecule has 3 aromatic heterocycles. The molecule has 0 radical (unpaired) electrons. The van der Waals surface area contributed by atoms with Crippen molar-refractivity contribution in [3.63, 3.8) is 0 Å². The highest BCUT2D eigenvalue weighted by atomic mass is 16.1. The Hall–Kier alpha value is -3.16. The minimum atomic E-state index is -0.0265. The van der Waals surface area contributed by atoms with Crippen LogP contribution in [0.1, 0.15) is 18.9 Å². The first-order valence-electron chi connectivity index (χ1n) is 8.79. The van der Waals surface area contributed by atoms with Gasteiger partial charge in [-0.25, -0.2) is 14.8 Å². The molecule has 0 unspecified atom stereocenters. The quantitative estimate of drug-likeness (QED) is 0.597. The molecular weight excluding hydrogens is 330 g/mol. The Morgan fingerprint density at radius 3 is 2.81 bits per heavy atom. The van der Waals surface area contributed by atoms with Gasteiger partial charge in [0.15, 0.2) is 5.65 Å². The molecule has 5 rings (SSSR count). The van der Waals surface area contributed by atoms with Gasteiger partial charge in [0.05, 0.1) is 22.6 Å². The number of benzene rings is 1. The zero-order valence-electron chi connectivity index (χ0n) is 14.5. The second kappa shape index (κ2) is 5.69. The van der Waals surface area contributed by atoms with Crippen LogP contribution in [0.4, 0.5) is 5.82 Å². The predicted octanol–water partition coefficient (Wildman–Crippen LogP) is 1.85. The van der Waals surface area contributed by atoms with E-state index in [-0.39, 0.29) is 11.7 Å². The number of aromatic amines is 1. The topological polar surface area (TPSA) is 84.6 Å². The van der Waals surface area contributed by atoms with E-state index in [1.165, 1.54) is 0 Å². The lowest BCUT2D eigenvalue weighted by molar-refractivity contribution is 0.395. The fraction of sp³-hybridized carbons (Fsp3) is 0.333. The Bertz CT molecular complexity index is 1150. The van der Waals surface area contributed by atoms with Gasteiger partial charge in [-0.15, -0.1) is 0 Å². The van der Waals surface area contributed by atoms with Crippen LogP contribution in [0, 0.1) is 0 Å².